The molecule has 0 unspecified atom stereocenters. The smallest absolute Gasteiger partial charge is 0.188 e. The molecule has 0 aliphatic carbocycles. The zero-order chi connectivity index (χ0) is 14.7. The number of benzene rings is 2. The van der Waals surface area contributed by atoms with Gasteiger partial charge in [-0.15, -0.1) is 0 Å². The Bertz CT molecular complexity index is 605. The van der Waals surface area contributed by atoms with E-state index in [4.69, 9.17) is 9.47 Å². The Morgan fingerprint density at radius 1 is 1.20 bits per heavy atom. The molecule has 0 saturated carbocycles. The summed E-state index contributed by atoms with van der Waals surface area (Å²) in [5, 5.41) is 2.04. The maximum atomic E-state index is 14.0. The van der Waals surface area contributed by atoms with Crippen molar-refractivity contribution in [2.45, 2.75) is 33.1 Å². The maximum absolute atomic E-state index is 14.0. The van der Waals surface area contributed by atoms with E-state index in [1.54, 1.807) is 7.11 Å². The van der Waals surface area contributed by atoms with Crippen LogP contribution in [0.25, 0.3) is 10.8 Å². The monoisotopic (exact) mass is 276 g/mol. The average molecular weight is 276 g/mol. The Labute approximate surface area is 119 Å². The molecule has 2 rings (SSSR count). The lowest BCUT2D eigenvalue weighted by Gasteiger charge is -2.16. The molecular weight excluding hydrogens is 255 g/mol. The van der Waals surface area contributed by atoms with Gasteiger partial charge in [-0.05, 0) is 52.4 Å². The lowest BCUT2D eigenvalue weighted by atomic mass is 9.91. The molecule has 2 aromatic carbocycles. The highest BCUT2D eigenvalue weighted by molar-refractivity contribution is 5.90. The summed E-state index contributed by atoms with van der Waals surface area (Å²) in [6.45, 7) is 6.42. The molecule has 0 aromatic heterocycles. The molecule has 0 aliphatic heterocycles. The first-order valence-electron chi connectivity index (χ1n) is 6.95. The molecule has 2 nitrogen and oxygen atoms in total. The molecule has 0 radical (unpaired) electrons. The Kier molecular flexibility index (Phi) is 4.61. The van der Waals surface area contributed by atoms with Gasteiger partial charge >= 0.3 is 0 Å². The Morgan fingerprint density at radius 2 is 1.95 bits per heavy atom. The van der Waals surface area contributed by atoms with E-state index in [2.05, 4.69) is 13.8 Å². The summed E-state index contributed by atoms with van der Waals surface area (Å²) in [6, 6.07) is 7.28. The highest BCUT2D eigenvalue weighted by Crippen LogP contribution is 2.34. The molecule has 3 heteroatoms. The summed E-state index contributed by atoms with van der Waals surface area (Å²) in [7, 11) is 1.59. The number of halogens is 1. The lowest BCUT2D eigenvalue weighted by molar-refractivity contribution is 0.0512. The third-order valence-corrected chi connectivity index (χ3v) is 3.49. The van der Waals surface area contributed by atoms with Crippen molar-refractivity contribution in [1.82, 2.24) is 0 Å². The van der Waals surface area contributed by atoms with Crippen molar-refractivity contribution in [3.8, 4) is 5.75 Å². The van der Waals surface area contributed by atoms with Crippen molar-refractivity contribution in [2.75, 3.05) is 13.9 Å². The minimum absolute atomic E-state index is 0.132. The molecule has 2 aromatic rings. The fourth-order valence-corrected chi connectivity index (χ4v) is 2.53. The second-order valence-electron chi connectivity index (χ2n) is 5.20. The first-order valence-corrected chi connectivity index (χ1v) is 6.95. The van der Waals surface area contributed by atoms with Crippen LogP contribution in [0.3, 0.4) is 0 Å². The second kappa shape index (κ2) is 6.23. The normalized spacial score (nSPS) is 11.3. The van der Waals surface area contributed by atoms with Crippen molar-refractivity contribution in [1.29, 1.82) is 0 Å². The van der Waals surface area contributed by atoms with Gasteiger partial charge in [-0.1, -0.05) is 26.8 Å². The summed E-state index contributed by atoms with van der Waals surface area (Å²) in [5.74, 6) is 0.930. The molecule has 0 aliphatic rings. The van der Waals surface area contributed by atoms with Crippen LogP contribution in [0.5, 0.6) is 5.75 Å². The number of rotatable bonds is 5. The van der Waals surface area contributed by atoms with Gasteiger partial charge in [0, 0.05) is 7.11 Å². The summed E-state index contributed by atoms with van der Waals surface area (Å²) in [4.78, 5) is 0. The molecule has 0 amide bonds. The summed E-state index contributed by atoms with van der Waals surface area (Å²) >= 11 is 0. The summed E-state index contributed by atoms with van der Waals surface area (Å²) in [5.41, 5.74) is 1.90. The van der Waals surface area contributed by atoms with Crippen molar-refractivity contribution < 1.29 is 13.9 Å². The van der Waals surface area contributed by atoms with E-state index < -0.39 is 0 Å². The van der Waals surface area contributed by atoms with E-state index in [0.29, 0.717) is 12.3 Å². The van der Waals surface area contributed by atoms with Gasteiger partial charge < -0.3 is 9.47 Å². The zero-order valence-electron chi connectivity index (χ0n) is 12.5. The molecule has 0 fully saturated rings. The number of hydrogen-bond acceptors (Lipinski definition) is 2. The van der Waals surface area contributed by atoms with Gasteiger partial charge in [0.25, 0.3) is 0 Å². The van der Waals surface area contributed by atoms with E-state index >= 15 is 0 Å². The van der Waals surface area contributed by atoms with Crippen molar-refractivity contribution in [2.24, 2.45) is 0 Å². The fourth-order valence-electron chi connectivity index (χ4n) is 2.53. The van der Waals surface area contributed by atoms with Gasteiger partial charge in [-0.2, -0.15) is 0 Å². The van der Waals surface area contributed by atoms with Crippen LogP contribution in [0.2, 0.25) is 0 Å². The molecule has 0 bridgehead atoms. The number of aryl methyl sites for hydroxylation is 1. The van der Waals surface area contributed by atoms with Gasteiger partial charge in [-0.3, -0.25) is 0 Å². The highest BCUT2D eigenvalue weighted by Gasteiger charge is 2.14. The number of methoxy groups -OCH3 is 1. The van der Waals surface area contributed by atoms with E-state index in [0.717, 1.165) is 27.6 Å². The third kappa shape index (κ3) is 2.78. The Morgan fingerprint density at radius 3 is 2.55 bits per heavy atom. The fraction of sp³-hybridized carbons (Fsp3) is 0.412. The number of ether oxygens (including phenoxy) is 2. The zero-order valence-corrected chi connectivity index (χ0v) is 12.5. The van der Waals surface area contributed by atoms with Crippen LogP contribution >= 0.6 is 0 Å². The third-order valence-electron chi connectivity index (χ3n) is 3.49. The van der Waals surface area contributed by atoms with E-state index in [1.165, 1.54) is 6.07 Å². The standard InChI is InChI=1S/C17H21FO2/c1-5-14-16(18)7-6-12-8-13(20-10-19-4)9-15(11(2)3)17(12)14/h6-9,11H,5,10H2,1-4H3. The van der Waals surface area contributed by atoms with E-state index in [9.17, 15) is 4.39 Å². The maximum Gasteiger partial charge on any atom is 0.188 e. The van der Waals surface area contributed by atoms with Crippen LogP contribution in [-0.4, -0.2) is 13.9 Å². The molecule has 0 saturated heterocycles. The van der Waals surface area contributed by atoms with Crippen LogP contribution in [0.15, 0.2) is 24.3 Å². The quantitative estimate of drug-likeness (QED) is 0.740. The minimum Gasteiger partial charge on any atom is -0.468 e. The molecule has 20 heavy (non-hydrogen) atoms. The number of fused-ring (bicyclic) bond motifs is 1. The predicted octanol–water partition coefficient (Wildman–Crippen LogP) is 4.65. The second-order valence-corrected chi connectivity index (χ2v) is 5.20. The number of hydrogen-bond donors (Lipinski definition) is 0. The van der Waals surface area contributed by atoms with Crippen LogP contribution in [0.1, 0.15) is 37.8 Å². The minimum atomic E-state index is -0.132. The molecular formula is C17H21FO2. The SMILES string of the molecule is CCc1c(F)ccc2cc(OCOC)cc(C(C)C)c12. The molecule has 108 valence electrons. The topological polar surface area (TPSA) is 18.5 Å². The van der Waals surface area contributed by atoms with Gasteiger partial charge in [0.05, 0.1) is 0 Å². The summed E-state index contributed by atoms with van der Waals surface area (Å²) < 4.78 is 24.5. The van der Waals surface area contributed by atoms with Gasteiger partial charge in [0.1, 0.15) is 11.6 Å². The highest BCUT2D eigenvalue weighted by atomic mass is 19.1. The van der Waals surface area contributed by atoms with Crippen LogP contribution in [-0.2, 0) is 11.2 Å². The largest absolute Gasteiger partial charge is 0.468 e. The lowest BCUT2D eigenvalue weighted by Crippen LogP contribution is -2.02. The summed E-state index contributed by atoms with van der Waals surface area (Å²) in [6.07, 6.45) is 0.682. The van der Waals surface area contributed by atoms with Gasteiger partial charge in [-0.25, -0.2) is 4.39 Å². The van der Waals surface area contributed by atoms with Crippen LogP contribution in [0.4, 0.5) is 4.39 Å². The van der Waals surface area contributed by atoms with Crippen molar-refractivity contribution in [3.63, 3.8) is 0 Å². The molecule has 0 spiro atoms. The van der Waals surface area contributed by atoms with Crippen LogP contribution < -0.4 is 4.74 Å². The van der Waals surface area contributed by atoms with Crippen LogP contribution in [0, 0.1) is 5.82 Å². The molecule has 0 N–H and O–H groups in total. The van der Waals surface area contributed by atoms with Crippen molar-refractivity contribution >= 4 is 10.8 Å². The van der Waals surface area contributed by atoms with E-state index in [-0.39, 0.29) is 12.6 Å². The first-order chi connectivity index (χ1) is 9.58. The Hall–Kier alpha value is -1.61. The van der Waals surface area contributed by atoms with Crippen molar-refractivity contribution in [3.05, 3.63) is 41.2 Å². The Balaban J connectivity index is 2.68. The van der Waals surface area contributed by atoms with Gasteiger partial charge in [0.15, 0.2) is 6.79 Å². The molecule has 0 atom stereocenters. The average Bonchev–Trinajstić information content (AvgIpc) is 2.44. The predicted molar refractivity (Wildman–Crippen MR) is 79.9 cm³/mol. The van der Waals surface area contributed by atoms with Gasteiger partial charge in [0.2, 0.25) is 0 Å². The first kappa shape index (κ1) is 14.8. The molecule has 0 heterocycles. The van der Waals surface area contributed by atoms with E-state index in [1.807, 2.05) is 25.1 Å².